The van der Waals surface area contributed by atoms with E-state index < -0.39 is 29.8 Å². The van der Waals surface area contributed by atoms with Gasteiger partial charge in [0, 0.05) is 36.4 Å². The Morgan fingerprint density at radius 2 is 1.97 bits per heavy atom. The average Bonchev–Trinajstić information content (AvgIpc) is 3.05. The Kier molecular flexibility index (Phi) is 7.27. The minimum absolute atomic E-state index is 0.0302. The van der Waals surface area contributed by atoms with Gasteiger partial charge in [0.05, 0.1) is 12.2 Å². The number of Topliss-reactive ketones (excluding diaryl/α,β-unsaturated/α-hetero) is 1. The number of carbonyl (C=O) groups is 2. The zero-order valence-electron chi connectivity index (χ0n) is 21.2. The summed E-state index contributed by atoms with van der Waals surface area (Å²) in [5.74, 6) is -0.0148. The standard InChI is InChI=1S/C28H42O6/c1-5-7-13-34-28(23(32)17-29)24(33-12-6-2)15-21-20-9-8-18-14-19(30)10-11-26(18,3)25(20)22(31)16-27(21,28)4/h8,10-11,20-22,24-25,29,31H,5-7,9,12-17H2,1-4H3/t20-,21?,22-,24+,25?,26-,27-,28+/m0/s1. The number of hydrogen-bond donors (Lipinski definition) is 2. The summed E-state index contributed by atoms with van der Waals surface area (Å²) in [6.07, 6.45) is 9.63. The molecule has 0 aromatic heterocycles. The van der Waals surface area contributed by atoms with Gasteiger partial charge in [-0.15, -0.1) is 0 Å². The first kappa shape index (κ1) is 25.7. The van der Waals surface area contributed by atoms with Gasteiger partial charge in [-0.05, 0) is 50.0 Å². The molecule has 2 N–H and O–H groups in total. The van der Waals surface area contributed by atoms with Gasteiger partial charge in [-0.3, -0.25) is 9.59 Å². The molecular formula is C28H42O6. The molecule has 0 spiro atoms. The summed E-state index contributed by atoms with van der Waals surface area (Å²) < 4.78 is 12.8. The van der Waals surface area contributed by atoms with Gasteiger partial charge >= 0.3 is 0 Å². The monoisotopic (exact) mass is 474 g/mol. The van der Waals surface area contributed by atoms with Crippen molar-refractivity contribution in [1.29, 1.82) is 0 Å². The van der Waals surface area contributed by atoms with Crippen molar-refractivity contribution in [1.82, 2.24) is 0 Å². The van der Waals surface area contributed by atoms with Crippen LogP contribution in [-0.4, -0.2) is 59.4 Å². The lowest BCUT2D eigenvalue weighted by molar-refractivity contribution is -0.212. The lowest BCUT2D eigenvalue weighted by Crippen LogP contribution is -2.65. The van der Waals surface area contributed by atoms with Crippen molar-refractivity contribution >= 4 is 11.6 Å². The predicted molar refractivity (Wildman–Crippen MR) is 129 cm³/mol. The molecule has 0 aromatic rings. The van der Waals surface area contributed by atoms with E-state index in [0.29, 0.717) is 32.5 Å². The fourth-order valence-corrected chi connectivity index (χ4v) is 7.99. The maximum atomic E-state index is 13.6. The van der Waals surface area contributed by atoms with E-state index in [1.54, 1.807) is 6.08 Å². The Labute approximate surface area is 203 Å². The van der Waals surface area contributed by atoms with Gasteiger partial charge in [0.25, 0.3) is 0 Å². The van der Waals surface area contributed by atoms with Crippen molar-refractivity contribution in [3.63, 3.8) is 0 Å². The molecule has 6 heteroatoms. The first-order chi connectivity index (χ1) is 16.2. The number of aliphatic hydroxyl groups excluding tert-OH is 2. The second-order valence-electron chi connectivity index (χ2n) is 11.3. The second-order valence-corrected chi connectivity index (χ2v) is 11.3. The van der Waals surface area contributed by atoms with Crippen LogP contribution in [0, 0.1) is 28.6 Å². The summed E-state index contributed by atoms with van der Waals surface area (Å²) in [7, 11) is 0. The Balaban J connectivity index is 1.79. The van der Waals surface area contributed by atoms with E-state index in [1.165, 1.54) is 0 Å². The number of ether oxygens (including phenoxy) is 2. The normalized spacial score (nSPS) is 43.2. The summed E-state index contributed by atoms with van der Waals surface area (Å²) >= 11 is 0. The summed E-state index contributed by atoms with van der Waals surface area (Å²) in [6.45, 7) is 8.70. The van der Waals surface area contributed by atoms with Crippen molar-refractivity contribution in [2.45, 2.75) is 90.4 Å². The van der Waals surface area contributed by atoms with Crippen LogP contribution in [0.15, 0.2) is 23.8 Å². The number of fused-ring (bicyclic) bond motifs is 5. The molecule has 4 aliphatic rings. The number of unbranched alkanes of at least 4 members (excludes halogenated alkanes) is 1. The van der Waals surface area contributed by atoms with Crippen LogP contribution in [0.4, 0.5) is 0 Å². The van der Waals surface area contributed by atoms with Gasteiger partial charge in [-0.2, -0.15) is 0 Å². The molecule has 0 aromatic carbocycles. The van der Waals surface area contributed by atoms with Crippen LogP contribution in [-0.2, 0) is 19.1 Å². The Bertz CT molecular complexity index is 863. The number of allylic oxidation sites excluding steroid dienone is 4. The van der Waals surface area contributed by atoms with Crippen LogP contribution in [0.3, 0.4) is 0 Å². The SMILES string of the molecule is CCCCO[C@]1(C(=O)CO)[C@H](OCCC)CC2[C@@H]3CC=C4CC(=O)C=C[C@]4(C)C3[C@@H](O)C[C@@]21C. The third kappa shape index (κ3) is 3.68. The van der Waals surface area contributed by atoms with Gasteiger partial charge in [-0.1, -0.05) is 51.8 Å². The molecule has 4 aliphatic carbocycles. The largest absolute Gasteiger partial charge is 0.393 e. The van der Waals surface area contributed by atoms with Crippen LogP contribution < -0.4 is 0 Å². The smallest absolute Gasteiger partial charge is 0.193 e. The Hall–Kier alpha value is -1.34. The highest BCUT2D eigenvalue weighted by Crippen LogP contribution is 2.67. The molecule has 4 rings (SSSR count). The minimum Gasteiger partial charge on any atom is -0.393 e. The molecule has 190 valence electrons. The Morgan fingerprint density at radius 1 is 1.21 bits per heavy atom. The molecule has 0 bridgehead atoms. The van der Waals surface area contributed by atoms with E-state index in [-0.39, 0.29) is 34.7 Å². The lowest BCUT2D eigenvalue weighted by atomic mass is 9.47. The van der Waals surface area contributed by atoms with Crippen LogP contribution in [0.25, 0.3) is 0 Å². The maximum absolute atomic E-state index is 13.6. The number of rotatable bonds is 9. The summed E-state index contributed by atoms with van der Waals surface area (Å²) in [4.78, 5) is 25.7. The molecule has 2 saturated carbocycles. The van der Waals surface area contributed by atoms with Crippen molar-refractivity contribution < 1.29 is 29.3 Å². The number of aliphatic hydroxyl groups is 2. The van der Waals surface area contributed by atoms with Gasteiger partial charge in [0.1, 0.15) is 6.61 Å². The zero-order chi connectivity index (χ0) is 24.7. The maximum Gasteiger partial charge on any atom is 0.193 e. The molecule has 2 fully saturated rings. The number of hydrogen-bond acceptors (Lipinski definition) is 6. The Morgan fingerprint density at radius 3 is 2.65 bits per heavy atom. The zero-order valence-corrected chi connectivity index (χ0v) is 21.2. The molecule has 0 aliphatic heterocycles. The third-order valence-corrected chi connectivity index (χ3v) is 9.52. The lowest BCUT2D eigenvalue weighted by Gasteiger charge is -2.59. The van der Waals surface area contributed by atoms with Crippen LogP contribution in [0.1, 0.15) is 72.6 Å². The average molecular weight is 475 g/mol. The fraction of sp³-hybridized carbons (Fsp3) is 0.786. The first-order valence-electron chi connectivity index (χ1n) is 13.2. The number of carbonyl (C=O) groups excluding carboxylic acids is 2. The highest BCUT2D eigenvalue weighted by Gasteiger charge is 2.72. The molecule has 0 saturated heterocycles. The molecular weight excluding hydrogens is 432 g/mol. The third-order valence-electron chi connectivity index (χ3n) is 9.52. The van der Waals surface area contributed by atoms with Crippen LogP contribution in [0.2, 0.25) is 0 Å². The van der Waals surface area contributed by atoms with Crippen molar-refractivity contribution in [2.24, 2.45) is 28.6 Å². The summed E-state index contributed by atoms with van der Waals surface area (Å²) in [6, 6.07) is 0. The number of ketones is 2. The van der Waals surface area contributed by atoms with Crippen LogP contribution in [0.5, 0.6) is 0 Å². The van der Waals surface area contributed by atoms with E-state index in [9.17, 15) is 19.8 Å². The van der Waals surface area contributed by atoms with Gasteiger partial charge in [-0.25, -0.2) is 0 Å². The quantitative estimate of drug-likeness (QED) is 0.390. The van der Waals surface area contributed by atoms with E-state index >= 15 is 0 Å². The minimum atomic E-state index is -1.27. The fourth-order valence-electron chi connectivity index (χ4n) is 7.99. The predicted octanol–water partition coefficient (Wildman–Crippen LogP) is 3.79. The highest BCUT2D eigenvalue weighted by molar-refractivity contribution is 5.93. The molecule has 0 heterocycles. The molecule has 34 heavy (non-hydrogen) atoms. The second kappa shape index (κ2) is 9.61. The topological polar surface area (TPSA) is 93.1 Å². The molecule has 6 nitrogen and oxygen atoms in total. The molecule has 8 atom stereocenters. The van der Waals surface area contributed by atoms with E-state index in [1.807, 2.05) is 13.0 Å². The van der Waals surface area contributed by atoms with Gasteiger partial charge in [0.2, 0.25) is 0 Å². The van der Waals surface area contributed by atoms with E-state index in [2.05, 4.69) is 26.8 Å². The van der Waals surface area contributed by atoms with E-state index in [0.717, 1.165) is 31.3 Å². The van der Waals surface area contributed by atoms with Crippen molar-refractivity contribution in [3.05, 3.63) is 23.8 Å². The summed E-state index contributed by atoms with van der Waals surface area (Å²) in [5, 5.41) is 21.8. The highest BCUT2D eigenvalue weighted by atomic mass is 16.6. The molecule has 0 amide bonds. The van der Waals surface area contributed by atoms with E-state index in [4.69, 9.17) is 9.47 Å². The van der Waals surface area contributed by atoms with Crippen molar-refractivity contribution in [3.8, 4) is 0 Å². The first-order valence-corrected chi connectivity index (χ1v) is 13.2. The van der Waals surface area contributed by atoms with Gasteiger partial charge in [0.15, 0.2) is 17.2 Å². The summed E-state index contributed by atoms with van der Waals surface area (Å²) in [5.41, 5.74) is -1.19. The molecule has 2 unspecified atom stereocenters. The molecule has 0 radical (unpaired) electrons. The van der Waals surface area contributed by atoms with Crippen molar-refractivity contribution in [2.75, 3.05) is 19.8 Å². The van der Waals surface area contributed by atoms with Gasteiger partial charge < -0.3 is 19.7 Å². The van der Waals surface area contributed by atoms with Crippen LogP contribution >= 0.6 is 0 Å².